The Morgan fingerprint density at radius 3 is 2.67 bits per heavy atom. The molecule has 6 heteroatoms. The molecular formula is C15H24FN3O2. The van der Waals surface area contributed by atoms with E-state index in [0.717, 1.165) is 18.5 Å². The molecule has 0 atom stereocenters. The highest BCUT2D eigenvalue weighted by Crippen LogP contribution is 2.14. The Morgan fingerprint density at radius 2 is 2.05 bits per heavy atom. The topological polar surface area (TPSA) is 67.6 Å². The SMILES string of the molecule is COCCCNC(=O)CN(CCCN)c1ccc(F)cc1. The van der Waals surface area contributed by atoms with Crippen molar-refractivity contribution in [1.82, 2.24) is 5.32 Å². The first-order valence-electron chi connectivity index (χ1n) is 7.13. The number of nitrogens with two attached hydrogens (primary N) is 1. The van der Waals surface area contributed by atoms with Crippen LogP contribution in [0, 0.1) is 5.82 Å². The highest BCUT2D eigenvalue weighted by Gasteiger charge is 2.11. The maximum absolute atomic E-state index is 13.0. The predicted molar refractivity (Wildman–Crippen MR) is 81.8 cm³/mol. The van der Waals surface area contributed by atoms with E-state index in [1.807, 2.05) is 4.90 Å². The fourth-order valence-corrected chi connectivity index (χ4v) is 1.91. The van der Waals surface area contributed by atoms with Gasteiger partial charge in [0.15, 0.2) is 0 Å². The van der Waals surface area contributed by atoms with Crippen LogP contribution in [0.2, 0.25) is 0 Å². The van der Waals surface area contributed by atoms with Crippen molar-refractivity contribution in [2.45, 2.75) is 12.8 Å². The molecular weight excluding hydrogens is 273 g/mol. The van der Waals surface area contributed by atoms with Crippen LogP contribution in [0.15, 0.2) is 24.3 Å². The molecule has 1 amide bonds. The van der Waals surface area contributed by atoms with Gasteiger partial charge in [0.2, 0.25) is 5.91 Å². The summed E-state index contributed by atoms with van der Waals surface area (Å²) in [5.74, 6) is -0.353. The number of ether oxygens (including phenoxy) is 1. The summed E-state index contributed by atoms with van der Waals surface area (Å²) in [6.45, 7) is 2.65. The molecule has 118 valence electrons. The maximum atomic E-state index is 13.0. The first-order chi connectivity index (χ1) is 10.2. The third-order valence-corrected chi connectivity index (χ3v) is 3.01. The van der Waals surface area contributed by atoms with Gasteiger partial charge in [0.1, 0.15) is 5.82 Å². The van der Waals surface area contributed by atoms with E-state index in [2.05, 4.69) is 5.32 Å². The molecule has 0 heterocycles. The first-order valence-corrected chi connectivity index (χ1v) is 7.13. The Kier molecular flexibility index (Phi) is 8.38. The second-order valence-electron chi connectivity index (χ2n) is 4.74. The van der Waals surface area contributed by atoms with E-state index < -0.39 is 0 Å². The maximum Gasteiger partial charge on any atom is 0.239 e. The highest BCUT2D eigenvalue weighted by molar-refractivity contribution is 5.81. The lowest BCUT2D eigenvalue weighted by molar-refractivity contribution is -0.119. The molecule has 21 heavy (non-hydrogen) atoms. The molecule has 0 spiro atoms. The highest BCUT2D eigenvalue weighted by atomic mass is 19.1. The van der Waals surface area contributed by atoms with Crippen molar-refractivity contribution in [1.29, 1.82) is 0 Å². The average molecular weight is 297 g/mol. The molecule has 0 bridgehead atoms. The van der Waals surface area contributed by atoms with Crippen LogP contribution in [0.4, 0.5) is 10.1 Å². The summed E-state index contributed by atoms with van der Waals surface area (Å²) in [7, 11) is 1.63. The summed E-state index contributed by atoms with van der Waals surface area (Å²) in [5.41, 5.74) is 6.34. The Bertz CT molecular complexity index is 412. The molecule has 3 N–H and O–H groups in total. The van der Waals surface area contributed by atoms with Crippen LogP contribution >= 0.6 is 0 Å². The summed E-state index contributed by atoms with van der Waals surface area (Å²) in [5, 5.41) is 2.84. The minimum Gasteiger partial charge on any atom is -0.385 e. The molecule has 0 aliphatic rings. The van der Waals surface area contributed by atoms with Crippen molar-refractivity contribution in [3.8, 4) is 0 Å². The van der Waals surface area contributed by atoms with Crippen LogP contribution in [0.25, 0.3) is 0 Å². The van der Waals surface area contributed by atoms with Gasteiger partial charge in [-0.2, -0.15) is 0 Å². The number of halogens is 1. The second-order valence-corrected chi connectivity index (χ2v) is 4.74. The number of amides is 1. The van der Waals surface area contributed by atoms with Crippen molar-refractivity contribution in [2.24, 2.45) is 5.73 Å². The van der Waals surface area contributed by atoms with Crippen molar-refractivity contribution in [2.75, 3.05) is 44.8 Å². The van der Waals surface area contributed by atoms with Crippen LogP contribution in [0.1, 0.15) is 12.8 Å². The number of nitrogens with zero attached hydrogens (tertiary/aromatic N) is 1. The number of hydrogen-bond donors (Lipinski definition) is 2. The zero-order valence-electron chi connectivity index (χ0n) is 12.5. The van der Waals surface area contributed by atoms with Gasteiger partial charge >= 0.3 is 0 Å². The van der Waals surface area contributed by atoms with E-state index in [1.165, 1.54) is 12.1 Å². The van der Waals surface area contributed by atoms with E-state index >= 15 is 0 Å². The van der Waals surface area contributed by atoms with Gasteiger partial charge in [0.05, 0.1) is 6.54 Å². The summed E-state index contributed by atoms with van der Waals surface area (Å²) in [6.07, 6.45) is 1.55. The van der Waals surface area contributed by atoms with Crippen LogP contribution in [-0.4, -0.2) is 45.8 Å². The summed E-state index contributed by atoms with van der Waals surface area (Å²) < 4.78 is 17.9. The molecule has 0 aromatic heterocycles. The Labute approximate surface area is 125 Å². The monoisotopic (exact) mass is 297 g/mol. The van der Waals surface area contributed by atoms with Gasteiger partial charge in [0, 0.05) is 32.5 Å². The zero-order chi connectivity index (χ0) is 15.5. The Balaban J connectivity index is 2.53. The Morgan fingerprint density at radius 1 is 1.33 bits per heavy atom. The molecule has 1 rings (SSSR count). The van der Waals surface area contributed by atoms with Gasteiger partial charge in [-0.25, -0.2) is 4.39 Å². The molecule has 0 aliphatic carbocycles. The van der Waals surface area contributed by atoms with Gasteiger partial charge < -0.3 is 20.7 Å². The lowest BCUT2D eigenvalue weighted by Crippen LogP contribution is -2.38. The second kappa shape index (κ2) is 10.1. The van der Waals surface area contributed by atoms with Gasteiger partial charge in [-0.1, -0.05) is 0 Å². The number of hydrogen-bond acceptors (Lipinski definition) is 4. The van der Waals surface area contributed by atoms with Crippen molar-refractivity contribution in [3.63, 3.8) is 0 Å². The summed E-state index contributed by atoms with van der Waals surface area (Å²) >= 11 is 0. The average Bonchev–Trinajstić information content (AvgIpc) is 2.49. The number of nitrogens with one attached hydrogen (secondary N) is 1. The number of carbonyl (C=O) groups is 1. The van der Waals surface area contributed by atoms with Gasteiger partial charge in [-0.05, 0) is 43.7 Å². The van der Waals surface area contributed by atoms with E-state index in [4.69, 9.17) is 10.5 Å². The van der Waals surface area contributed by atoms with E-state index in [-0.39, 0.29) is 18.3 Å². The number of benzene rings is 1. The van der Waals surface area contributed by atoms with E-state index in [0.29, 0.717) is 26.2 Å². The van der Waals surface area contributed by atoms with Crippen LogP contribution in [0.3, 0.4) is 0 Å². The summed E-state index contributed by atoms with van der Waals surface area (Å²) in [4.78, 5) is 13.8. The van der Waals surface area contributed by atoms with E-state index in [9.17, 15) is 9.18 Å². The van der Waals surface area contributed by atoms with Crippen molar-refractivity contribution < 1.29 is 13.9 Å². The van der Waals surface area contributed by atoms with Crippen LogP contribution < -0.4 is 16.0 Å². The minimum atomic E-state index is -0.290. The largest absolute Gasteiger partial charge is 0.385 e. The molecule has 0 saturated carbocycles. The third-order valence-electron chi connectivity index (χ3n) is 3.01. The lowest BCUT2D eigenvalue weighted by Gasteiger charge is -2.24. The molecule has 1 aromatic carbocycles. The predicted octanol–water partition coefficient (Wildman–Crippen LogP) is 1.13. The van der Waals surface area contributed by atoms with Crippen LogP contribution in [0.5, 0.6) is 0 Å². The molecule has 0 radical (unpaired) electrons. The molecule has 1 aromatic rings. The summed E-state index contributed by atoms with van der Waals surface area (Å²) in [6, 6.07) is 6.12. The van der Waals surface area contributed by atoms with Gasteiger partial charge in [-0.15, -0.1) is 0 Å². The fraction of sp³-hybridized carbons (Fsp3) is 0.533. The van der Waals surface area contributed by atoms with Crippen molar-refractivity contribution >= 4 is 11.6 Å². The fourth-order valence-electron chi connectivity index (χ4n) is 1.91. The quantitative estimate of drug-likeness (QED) is 0.635. The molecule has 0 aliphatic heterocycles. The number of rotatable bonds is 10. The smallest absolute Gasteiger partial charge is 0.239 e. The lowest BCUT2D eigenvalue weighted by atomic mass is 10.2. The van der Waals surface area contributed by atoms with Crippen LogP contribution in [-0.2, 0) is 9.53 Å². The number of methoxy groups -OCH3 is 1. The van der Waals surface area contributed by atoms with Gasteiger partial charge in [-0.3, -0.25) is 4.79 Å². The van der Waals surface area contributed by atoms with Crippen molar-refractivity contribution in [3.05, 3.63) is 30.1 Å². The number of anilines is 1. The Hall–Kier alpha value is -1.66. The molecule has 5 nitrogen and oxygen atoms in total. The molecule has 0 unspecified atom stereocenters. The standard InChI is InChI=1S/C15H24FN3O2/c1-21-11-3-9-18-15(20)12-19(10-2-8-17)14-6-4-13(16)5-7-14/h4-7H,2-3,8-12,17H2,1H3,(H,18,20). The number of carbonyl (C=O) groups excluding carboxylic acids is 1. The normalized spacial score (nSPS) is 10.4. The first kappa shape index (κ1) is 17.4. The van der Waals surface area contributed by atoms with E-state index in [1.54, 1.807) is 19.2 Å². The molecule has 0 saturated heterocycles. The molecule has 0 fully saturated rings. The third kappa shape index (κ3) is 7.06. The minimum absolute atomic E-state index is 0.0625. The zero-order valence-corrected chi connectivity index (χ0v) is 12.5. The van der Waals surface area contributed by atoms with Gasteiger partial charge in [0.25, 0.3) is 0 Å².